The van der Waals surface area contributed by atoms with Crippen molar-refractivity contribution in [2.45, 2.75) is 47.6 Å². The first-order chi connectivity index (χ1) is 32.2. The molecule has 7 aliphatic rings. The first kappa shape index (κ1) is 45.3. The fourth-order valence-electron chi connectivity index (χ4n) is 9.65. The van der Waals surface area contributed by atoms with Crippen LogP contribution in [-0.2, 0) is 39.2 Å². The highest BCUT2D eigenvalue weighted by Crippen LogP contribution is 2.34. The van der Waals surface area contributed by atoms with Gasteiger partial charge in [-0.1, -0.05) is 23.2 Å². The summed E-state index contributed by atoms with van der Waals surface area (Å²) >= 11 is 12.1. The van der Waals surface area contributed by atoms with E-state index in [4.69, 9.17) is 47.9 Å². The monoisotopic (exact) mass is 977 g/mol. The van der Waals surface area contributed by atoms with Crippen LogP contribution < -0.4 is 35.6 Å². The van der Waals surface area contributed by atoms with Crippen molar-refractivity contribution in [3.63, 3.8) is 0 Å². The number of carbonyl (C=O) groups is 1. The van der Waals surface area contributed by atoms with Crippen molar-refractivity contribution in [2.75, 3.05) is 147 Å². The fraction of sp³-hybridized carbons (Fsp3) is 0.533. The molecule has 3 N–H and O–H groups in total. The van der Waals surface area contributed by atoms with E-state index in [9.17, 15) is 13.2 Å². The predicted octanol–water partition coefficient (Wildman–Crippen LogP) is 3.95. The molecule has 2 unspecified atom stereocenters. The minimum atomic E-state index is -1.10. The van der Waals surface area contributed by atoms with E-state index in [1.165, 1.54) is 5.69 Å². The van der Waals surface area contributed by atoms with Crippen LogP contribution in [0.15, 0.2) is 58.3 Å². The predicted molar refractivity (Wildman–Crippen MR) is 262 cm³/mol. The molecule has 21 heteroatoms. The number of amides is 2. The van der Waals surface area contributed by atoms with Crippen molar-refractivity contribution in [1.82, 2.24) is 35.1 Å². The van der Waals surface area contributed by atoms with Crippen molar-refractivity contribution in [2.24, 2.45) is 0 Å². The first-order valence-electron chi connectivity index (χ1n) is 23.2. The summed E-state index contributed by atoms with van der Waals surface area (Å²) in [6.07, 6.45) is 3.35. The Morgan fingerprint density at radius 1 is 0.606 bits per heavy atom. The van der Waals surface area contributed by atoms with Gasteiger partial charge < -0.3 is 50.1 Å². The van der Waals surface area contributed by atoms with Crippen molar-refractivity contribution in [3.8, 4) is 0 Å². The molecule has 0 saturated carbocycles. The van der Waals surface area contributed by atoms with Crippen LogP contribution in [0.2, 0.25) is 10.0 Å². The number of likely N-dealkylation sites (tertiary alicyclic amines) is 1. The summed E-state index contributed by atoms with van der Waals surface area (Å²) in [5.41, 5.74) is 4.18. The summed E-state index contributed by atoms with van der Waals surface area (Å²) < 4.78 is 30.7. The Labute approximate surface area is 400 Å². The van der Waals surface area contributed by atoms with Crippen LogP contribution in [0.5, 0.6) is 0 Å². The van der Waals surface area contributed by atoms with Gasteiger partial charge in [-0.15, -0.1) is 0 Å². The van der Waals surface area contributed by atoms with Gasteiger partial charge in [0.1, 0.15) is 21.4 Å². The number of benzene rings is 2. The van der Waals surface area contributed by atoms with Gasteiger partial charge in [-0.3, -0.25) is 8.42 Å². The highest BCUT2D eigenvalue weighted by atomic mass is 35.5. The maximum atomic E-state index is 12.9. The second-order valence-electron chi connectivity index (χ2n) is 17.6. The van der Waals surface area contributed by atoms with Gasteiger partial charge in [0, 0.05) is 143 Å². The fourth-order valence-corrected chi connectivity index (χ4v) is 12.5. The molecule has 7 aliphatic heterocycles. The molecule has 17 nitrogen and oxygen atoms in total. The van der Waals surface area contributed by atoms with Gasteiger partial charge in [0.05, 0.1) is 46.2 Å². The van der Waals surface area contributed by atoms with Gasteiger partial charge in [0.2, 0.25) is 11.9 Å². The number of halogens is 2. The number of aryl methyl sites for hydroxylation is 2. The minimum absolute atomic E-state index is 0.0659. The Morgan fingerprint density at radius 2 is 1.09 bits per heavy atom. The SMILES string of the molecule is O=C(N1CCOCC1)N1CC[C@@H](Nc2nc(N3CCN(c4ccc(Cl)cc4)CC3)nc3c2S(=O)CC3)C1.O=S1CCc2nc(N3CCN(c4ccc(Cl)cc4)CC3)nc(N[C@@H]3CCNC3)c21. The van der Waals surface area contributed by atoms with Gasteiger partial charge >= 0.3 is 6.03 Å². The maximum Gasteiger partial charge on any atom is 0.320 e. The molecule has 9 heterocycles. The molecule has 4 aromatic rings. The Balaban J connectivity index is 0.000000160. The number of hydrogen-bond donors (Lipinski definition) is 3. The first-order valence-corrected chi connectivity index (χ1v) is 26.6. The van der Waals surface area contributed by atoms with Gasteiger partial charge in [0.15, 0.2) is 0 Å². The van der Waals surface area contributed by atoms with Crippen molar-refractivity contribution in [3.05, 3.63) is 70.0 Å². The highest BCUT2D eigenvalue weighted by Gasteiger charge is 2.34. The molecule has 2 aromatic carbocycles. The van der Waals surface area contributed by atoms with E-state index in [0.29, 0.717) is 75.1 Å². The normalized spacial score (nSPS) is 24.0. The molecule has 4 atom stereocenters. The third-order valence-electron chi connectivity index (χ3n) is 13.3. The third kappa shape index (κ3) is 10.2. The Hall–Kier alpha value is -4.53. The molecule has 5 fully saturated rings. The summed E-state index contributed by atoms with van der Waals surface area (Å²) in [5, 5.41) is 11.9. The number of nitrogens with one attached hydrogen (secondary N) is 3. The molecular formula is C45H57Cl2N13O4S2. The highest BCUT2D eigenvalue weighted by molar-refractivity contribution is 7.85. The molecule has 66 heavy (non-hydrogen) atoms. The molecule has 2 aromatic heterocycles. The van der Waals surface area contributed by atoms with Gasteiger partial charge in [-0.25, -0.2) is 14.8 Å². The lowest BCUT2D eigenvalue weighted by molar-refractivity contribution is 0.0451. The molecule has 2 amide bonds. The van der Waals surface area contributed by atoms with Crippen LogP contribution in [0.1, 0.15) is 24.2 Å². The Morgan fingerprint density at radius 3 is 1.58 bits per heavy atom. The lowest BCUT2D eigenvalue weighted by Crippen LogP contribution is -2.48. The number of rotatable bonds is 8. The van der Waals surface area contributed by atoms with Gasteiger partial charge in [-0.05, 0) is 67.9 Å². The number of aromatic nitrogens is 4. The van der Waals surface area contributed by atoms with E-state index in [1.54, 1.807) is 0 Å². The average Bonchev–Trinajstić information content (AvgIpc) is 4.19. The third-order valence-corrected chi connectivity index (χ3v) is 16.8. The number of carbonyl (C=O) groups excluding carboxylic acids is 1. The Bertz CT molecular complexity index is 2410. The van der Waals surface area contributed by atoms with Crippen molar-refractivity contribution in [1.29, 1.82) is 0 Å². The summed E-state index contributed by atoms with van der Waals surface area (Å²) in [5.74, 6) is 4.12. The summed E-state index contributed by atoms with van der Waals surface area (Å²) in [4.78, 5) is 46.8. The summed E-state index contributed by atoms with van der Waals surface area (Å²) in [6, 6.07) is 16.4. The number of nitrogens with zero attached hydrogens (tertiary/aromatic N) is 10. The summed E-state index contributed by atoms with van der Waals surface area (Å²) in [7, 11) is -2.10. The van der Waals surface area contributed by atoms with Crippen molar-refractivity contribution < 1.29 is 17.9 Å². The molecule has 0 bridgehead atoms. The zero-order valence-electron chi connectivity index (χ0n) is 37.0. The maximum absolute atomic E-state index is 12.9. The van der Waals surface area contributed by atoms with Crippen LogP contribution >= 0.6 is 23.2 Å². The quantitative estimate of drug-likeness (QED) is 0.232. The number of morpholine rings is 1. The average molecular weight is 979 g/mol. The zero-order chi connectivity index (χ0) is 45.1. The number of fused-ring (bicyclic) bond motifs is 2. The van der Waals surface area contributed by atoms with E-state index in [2.05, 4.69) is 59.8 Å². The number of piperazine rings is 2. The lowest BCUT2D eigenvalue weighted by atomic mass is 10.2. The topological polar surface area (TPSA) is 168 Å². The zero-order valence-corrected chi connectivity index (χ0v) is 40.2. The largest absolute Gasteiger partial charge is 0.378 e. The summed E-state index contributed by atoms with van der Waals surface area (Å²) in [6.45, 7) is 12.5. The molecule has 0 spiro atoms. The van der Waals surface area contributed by atoms with Gasteiger partial charge in [0.25, 0.3) is 0 Å². The number of hydrogen-bond acceptors (Lipinski definition) is 15. The molecular weight excluding hydrogens is 922 g/mol. The van der Waals surface area contributed by atoms with Crippen LogP contribution in [0.4, 0.5) is 39.7 Å². The van der Waals surface area contributed by atoms with E-state index < -0.39 is 21.6 Å². The van der Waals surface area contributed by atoms with E-state index in [0.717, 1.165) is 133 Å². The molecule has 352 valence electrons. The van der Waals surface area contributed by atoms with E-state index in [-0.39, 0.29) is 12.1 Å². The smallest absolute Gasteiger partial charge is 0.320 e. The van der Waals surface area contributed by atoms with Crippen molar-refractivity contribution >= 4 is 85.7 Å². The van der Waals surface area contributed by atoms with E-state index >= 15 is 0 Å². The Kier molecular flexibility index (Phi) is 14.0. The second kappa shape index (κ2) is 20.4. The molecule has 0 radical (unpaired) electrons. The number of ether oxygens (including phenoxy) is 1. The van der Waals surface area contributed by atoms with Gasteiger partial charge in [-0.2, -0.15) is 9.97 Å². The van der Waals surface area contributed by atoms with Crippen LogP contribution in [-0.4, -0.2) is 173 Å². The van der Waals surface area contributed by atoms with Crippen LogP contribution in [0.3, 0.4) is 0 Å². The van der Waals surface area contributed by atoms with Crippen LogP contribution in [0.25, 0.3) is 0 Å². The molecule has 11 rings (SSSR count). The van der Waals surface area contributed by atoms with Crippen LogP contribution in [0, 0.1) is 0 Å². The lowest BCUT2D eigenvalue weighted by Gasteiger charge is -2.36. The minimum Gasteiger partial charge on any atom is -0.378 e. The number of urea groups is 1. The second-order valence-corrected chi connectivity index (χ2v) is 21.5. The molecule has 0 aliphatic carbocycles. The molecule has 5 saturated heterocycles. The standard InChI is InChI=1S/C25H32ClN7O3S.C20H25ClN6OS/c26-18-1-3-20(4-2-18)30-8-10-31(11-9-30)24-28-21-6-16-37(35)22(21)23(29-24)27-19-5-7-33(17-19)25(34)32-12-14-36-15-13-32;21-14-1-3-16(4-2-14)26-8-10-27(11-9-26)20-24-17-6-12-29(28)18(17)19(25-20)23-15-5-7-22-13-15/h1-4,19H,5-17H2,(H,27,28,29);1-4,15,22H,5-13H2,(H,23,24,25)/t19-,37?;15-,29?/m11/s1. The number of anilines is 6. The van der Waals surface area contributed by atoms with E-state index in [1.807, 2.05) is 34.1 Å².